The van der Waals surface area contributed by atoms with Crippen LogP contribution in [0.4, 0.5) is 0 Å². The maximum absolute atomic E-state index is 6.20. The molecule has 2 N–H and O–H groups in total. The normalized spacial score (nSPS) is 21.6. The molecule has 3 rings (SSSR count). The fraction of sp³-hybridized carbons (Fsp3) is 0.455. The van der Waals surface area contributed by atoms with Crippen molar-refractivity contribution in [2.24, 2.45) is 5.73 Å². The van der Waals surface area contributed by atoms with Crippen LogP contribution in [0.5, 0.6) is 5.75 Å². The molecule has 3 heteroatoms. The molecule has 0 amide bonds. The standard InChI is InChI=1S/C11H12ClNO/c12-8-1-2-9-7(3-6-14-9)10(8)11(13)4-5-11/h1-2H,3-6,13H2. The van der Waals surface area contributed by atoms with Crippen LogP contribution in [-0.2, 0) is 12.0 Å². The minimum Gasteiger partial charge on any atom is -0.493 e. The molecule has 1 aromatic carbocycles. The predicted molar refractivity (Wildman–Crippen MR) is 55.8 cm³/mol. The highest BCUT2D eigenvalue weighted by Crippen LogP contribution is 2.49. The van der Waals surface area contributed by atoms with E-state index in [0.29, 0.717) is 0 Å². The molecule has 1 heterocycles. The number of hydrogen-bond donors (Lipinski definition) is 1. The minimum atomic E-state index is -0.157. The molecule has 2 aliphatic rings. The summed E-state index contributed by atoms with van der Waals surface area (Å²) in [5, 5.41) is 0.800. The summed E-state index contributed by atoms with van der Waals surface area (Å²) in [6.07, 6.45) is 3.04. The molecule has 0 saturated heterocycles. The molecule has 1 aromatic rings. The Morgan fingerprint density at radius 2 is 2.14 bits per heavy atom. The van der Waals surface area contributed by atoms with Crippen molar-refractivity contribution in [3.63, 3.8) is 0 Å². The Labute approximate surface area is 88.0 Å². The average molecular weight is 210 g/mol. The second kappa shape index (κ2) is 2.65. The highest BCUT2D eigenvalue weighted by atomic mass is 35.5. The SMILES string of the molecule is NC1(c2c(Cl)ccc3c2CCO3)CC1. The van der Waals surface area contributed by atoms with Gasteiger partial charge in [0, 0.05) is 22.5 Å². The van der Waals surface area contributed by atoms with Crippen molar-refractivity contribution >= 4 is 11.6 Å². The summed E-state index contributed by atoms with van der Waals surface area (Å²) in [5.74, 6) is 0.973. The third kappa shape index (κ3) is 1.07. The van der Waals surface area contributed by atoms with E-state index in [0.717, 1.165) is 42.2 Å². The van der Waals surface area contributed by atoms with E-state index >= 15 is 0 Å². The highest BCUT2D eigenvalue weighted by Gasteiger charge is 2.44. The number of hydrogen-bond acceptors (Lipinski definition) is 2. The zero-order valence-electron chi connectivity index (χ0n) is 7.85. The van der Waals surface area contributed by atoms with Crippen LogP contribution in [0.2, 0.25) is 5.02 Å². The van der Waals surface area contributed by atoms with Gasteiger partial charge < -0.3 is 10.5 Å². The Kier molecular flexibility index (Phi) is 1.62. The van der Waals surface area contributed by atoms with Gasteiger partial charge in [0.25, 0.3) is 0 Å². The van der Waals surface area contributed by atoms with Crippen molar-refractivity contribution in [3.8, 4) is 5.75 Å². The zero-order chi connectivity index (χ0) is 9.76. The first-order valence-electron chi connectivity index (χ1n) is 4.94. The quantitative estimate of drug-likeness (QED) is 0.770. The number of benzene rings is 1. The Balaban J connectivity index is 2.21. The molecular formula is C11H12ClNO. The fourth-order valence-electron chi connectivity index (χ4n) is 2.17. The van der Waals surface area contributed by atoms with Gasteiger partial charge in [-0.3, -0.25) is 0 Å². The lowest BCUT2D eigenvalue weighted by atomic mass is 9.97. The van der Waals surface area contributed by atoms with Gasteiger partial charge >= 0.3 is 0 Å². The number of halogens is 1. The van der Waals surface area contributed by atoms with E-state index in [1.165, 1.54) is 5.56 Å². The van der Waals surface area contributed by atoms with Gasteiger partial charge in [0.1, 0.15) is 5.75 Å². The molecule has 2 nitrogen and oxygen atoms in total. The van der Waals surface area contributed by atoms with Gasteiger partial charge in [-0.15, -0.1) is 0 Å². The van der Waals surface area contributed by atoms with E-state index in [4.69, 9.17) is 22.1 Å². The van der Waals surface area contributed by atoms with E-state index in [9.17, 15) is 0 Å². The monoisotopic (exact) mass is 209 g/mol. The van der Waals surface area contributed by atoms with Crippen LogP contribution in [0.3, 0.4) is 0 Å². The second-order valence-corrected chi connectivity index (χ2v) is 4.56. The molecule has 1 aliphatic carbocycles. The Bertz CT molecular complexity index is 399. The summed E-state index contributed by atoms with van der Waals surface area (Å²) < 4.78 is 5.50. The average Bonchev–Trinajstić information content (AvgIpc) is 2.74. The lowest BCUT2D eigenvalue weighted by Gasteiger charge is -2.15. The largest absolute Gasteiger partial charge is 0.493 e. The Morgan fingerprint density at radius 3 is 2.86 bits per heavy atom. The molecule has 0 spiro atoms. The molecule has 1 saturated carbocycles. The number of nitrogens with two attached hydrogens (primary N) is 1. The molecule has 0 bridgehead atoms. The Morgan fingerprint density at radius 1 is 1.36 bits per heavy atom. The lowest BCUT2D eigenvalue weighted by Crippen LogP contribution is -2.21. The van der Waals surface area contributed by atoms with Crippen molar-refractivity contribution in [2.45, 2.75) is 24.8 Å². The topological polar surface area (TPSA) is 35.2 Å². The summed E-state index contributed by atoms with van der Waals surface area (Å²) in [7, 11) is 0. The van der Waals surface area contributed by atoms with Crippen molar-refractivity contribution in [3.05, 3.63) is 28.3 Å². The smallest absolute Gasteiger partial charge is 0.123 e. The van der Waals surface area contributed by atoms with Crippen LogP contribution >= 0.6 is 11.6 Å². The summed E-state index contributed by atoms with van der Waals surface area (Å²) >= 11 is 6.20. The number of fused-ring (bicyclic) bond motifs is 1. The summed E-state index contributed by atoms with van der Waals surface area (Å²) in [6.45, 7) is 0.763. The molecular weight excluding hydrogens is 198 g/mol. The molecule has 1 fully saturated rings. The van der Waals surface area contributed by atoms with Gasteiger partial charge in [-0.2, -0.15) is 0 Å². The van der Waals surface area contributed by atoms with Crippen molar-refractivity contribution < 1.29 is 4.74 Å². The first kappa shape index (κ1) is 8.57. The van der Waals surface area contributed by atoms with Gasteiger partial charge in [-0.05, 0) is 30.5 Å². The van der Waals surface area contributed by atoms with E-state index in [1.807, 2.05) is 12.1 Å². The molecule has 1 aliphatic heterocycles. The summed E-state index contributed by atoms with van der Waals surface area (Å²) in [4.78, 5) is 0. The van der Waals surface area contributed by atoms with Crippen LogP contribution in [0.1, 0.15) is 24.0 Å². The number of ether oxygens (including phenoxy) is 1. The van der Waals surface area contributed by atoms with Gasteiger partial charge in [-0.25, -0.2) is 0 Å². The van der Waals surface area contributed by atoms with E-state index < -0.39 is 0 Å². The minimum absolute atomic E-state index is 0.157. The maximum atomic E-state index is 6.20. The molecule has 0 radical (unpaired) electrons. The van der Waals surface area contributed by atoms with Crippen LogP contribution in [0.15, 0.2) is 12.1 Å². The predicted octanol–water partition coefficient (Wildman–Crippen LogP) is 2.22. The maximum Gasteiger partial charge on any atom is 0.123 e. The first-order valence-corrected chi connectivity index (χ1v) is 5.32. The van der Waals surface area contributed by atoms with E-state index in [2.05, 4.69) is 0 Å². The Hall–Kier alpha value is -0.730. The van der Waals surface area contributed by atoms with Gasteiger partial charge in [0.2, 0.25) is 0 Å². The third-order valence-electron chi connectivity index (χ3n) is 3.12. The van der Waals surface area contributed by atoms with Crippen LogP contribution < -0.4 is 10.5 Å². The highest BCUT2D eigenvalue weighted by molar-refractivity contribution is 6.31. The fourth-order valence-corrected chi connectivity index (χ4v) is 2.53. The van der Waals surface area contributed by atoms with E-state index in [1.54, 1.807) is 0 Å². The van der Waals surface area contributed by atoms with E-state index in [-0.39, 0.29) is 5.54 Å². The summed E-state index contributed by atoms with van der Waals surface area (Å²) in [6, 6.07) is 3.84. The van der Waals surface area contributed by atoms with Crippen molar-refractivity contribution in [2.75, 3.05) is 6.61 Å². The molecule has 0 unspecified atom stereocenters. The van der Waals surface area contributed by atoms with Crippen LogP contribution in [-0.4, -0.2) is 6.61 Å². The molecule has 0 aromatic heterocycles. The van der Waals surface area contributed by atoms with Crippen molar-refractivity contribution in [1.29, 1.82) is 0 Å². The van der Waals surface area contributed by atoms with Gasteiger partial charge in [-0.1, -0.05) is 11.6 Å². The van der Waals surface area contributed by atoms with Gasteiger partial charge in [0.15, 0.2) is 0 Å². The molecule has 14 heavy (non-hydrogen) atoms. The van der Waals surface area contributed by atoms with Crippen molar-refractivity contribution in [1.82, 2.24) is 0 Å². The lowest BCUT2D eigenvalue weighted by molar-refractivity contribution is 0.357. The molecule has 74 valence electrons. The van der Waals surface area contributed by atoms with Gasteiger partial charge in [0.05, 0.1) is 6.61 Å². The number of rotatable bonds is 1. The van der Waals surface area contributed by atoms with Crippen LogP contribution in [0, 0.1) is 0 Å². The third-order valence-corrected chi connectivity index (χ3v) is 3.43. The zero-order valence-corrected chi connectivity index (χ0v) is 8.60. The van der Waals surface area contributed by atoms with Crippen LogP contribution in [0.25, 0.3) is 0 Å². The first-order chi connectivity index (χ1) is 6.71. The molecule has 0 atom stereocenters. The summed E-state index contributed by atoms with van der Waals surface area (Å²) in [5.41, 5.74) is 8.41. The second-order valence-electron chi connectivity index (χ2n) is 4.15.